The number of esters is 1. The van der Waals surface area contributed by atoms with Crippen LogP contribution in [-0.2, 0) is 25.5 Å². The summed E-state index contributed by atoms with van der Waals surface area (Å²) in [5, 5.41) is 2.69. The van der Waals surface area contributed by atoms with Crippen LogP contribution in [0.5, 0.6) is 0 Å². The van der Waals surface area contributed by atoms with Crippen molar-refractivity contribution in [2.75, 3.05) is 13.7 Å². The number of carbonyl (C=O) groups is 2. The van der Waals surface area contributed by atoms with E-state index in [2.05, 4.69) is 15.3 Å². The summed E-state index contributed by atoms with van der Waals surface area (Å²) in [7, 11) is 1.30. The Morgan fingerprint density at radius 3 is 3.05 bits per heavy atom. The van der Waals surface area contributed by atoms with Gasteiger partial charge in [-0.25, -0.2) is 9.78 Å². The lowest BCUT2D eigenvalue weighted by Gasteiger charge is -2.24. The second kappa shape index (κ2) is 7.04. The van der Waals surface area contributed by atoms with Crippen molar-refractivity contribution in [3.8, 4) is 0 Å². The number of H-pyrrole nitrogens is 1. The number of hydrogen-bond acceptors (Lipinski definition) is 5. The molecule has 7 heteroatoms. The van der Waals surface area contributed by atoms with Crippen molar-refractivity contribution in [3.63, 3.8) is 0 Å². The van der Waals surface area contributed by atoms with E-state index in [1.165, 1.54) is 13.4 Å². The number of rotatable bonds is 5. The van der Waals surface area contributed by atoms with Gasteiger partial charge in [-0.3, -0.25) is 4.79 Å². The number of aromatic amines is 1. The molecule has 1 unspecified atom stereocenters. The van der Waals surface area contributed by atoms with Gasteiger partial charge in [-0.1, -0.05) is 0 Å². The molecule has 7 nitrogen and oxygen atoms in total. The van der Waals surface area contributed by atoms with E-state index in [0.29, 0.717) is 19.4 Å². The lowest BCUT2D eigenvalue weighted by molar-refractivity contribution is -0.147. The molecule has 0 radical (unpaired) electrons. The maximum Gasteiger partial charge on any atom is 0.328 e. The van der Waals surface area contributed by atoms with Gasteiger partial charge in [0.2, 0.25) is 5.91 Å². The van der Waals surface area contributed by atoms with Crippen LogP contribution in [0.15, 0.2) is 12.5 Å². The van der Waals surface area contributed by atoms with Crippen LogP contribution in [0.2, 0.25) is 0 Å². The predicted molar refractivity (Wildman–Crippen MR) is 69.8 cm³/mol. The summed E-state index contributed by atoms with van der Waals surface area (Å²) in [6.45, 7) is 0.585. The quantitative estimate of drug-likeness (QED) is 0.751. The van der Waals surface area contributed by atoms with Gasteiger partial charge < -0.3 is 19.8 Å². The fourth-order valence-corrected chi connectivity index (χ4v) is 2.16. The molecule has 2 heterocycles. The number of nitrogens with one attached hydrogen (secondary N) is 2. The molecular formula is C13H19N3O4. The fraction of sp³-hybridized carbons (Fsp3) is 0.615. The lowest BCUT2D eigenvalue weighted by atomic mass is 10.1. The first kappa shape index (κ1) is 14.5. The first-order valence-electron chi connectivity index (χ1n) is 6.67. The van der Waals surface area contributed by atoms with Gasteiger partial charge in [0.1, 0.15) is 12.1 Å². The SMILES string of the molecule is COC(=O)[C@H](Cc1cnc[nH]1)NC(=O)C1CCCCO1. The summed E-state index contributed by atoms with van der Waals surface area (Å²) >= 11 is 0. The minimum atomic E-state index is -0.738. The fourth-order valence-electron chi connectivity index (χ4n) is 2.16. The summed E-state index contributed by atoms with van der Waals surface area (Å²) in [5.41, 5.74) is 0.755. The molecule has 2 N–H and O–H groups in total. The smallest absolute Gasteiger partial charge is 0.328 e. The normalized spacial score (nSPS) is 20.1. The summed E-state index contributed by atoms with van der Waals surface area (Å²) in [6, 6.07) is -0.738. The number of methoxy groups -OCH3 is 1. The number of amides is 1. The maximum absolute atomic E-state index is 12.1. The van der Waals surface area contributed by atoms with Gasteiger partial charge in [-0.15, -0.1) is 0 Å². The predicted octanol–water partition coefficient (Wildman–Crippen LogP) is 0.179. The number of nitrogens with zero attached hydrogens (tertiary/aromatic N) is 1. The maximum atomic E-state index is 12.1. The van der Waals surface area contributed by atoms with E-state index in [-0.39, 0.29) is 5.91 Å². The first-order valence-corrected chi connectivity index (χ1v) is 6.67. The molecular weight excluding hydrogens is 262 g/mol. The number of hydrogen-bond donors (Lipinski definition) is 2. The highest BCUT2D eigenvalue weighted by atomic mass is 16.5. The molecule has 0 aliphatic carbocycles. The summed E-state index contributed by atoms with van der Waals surface area (Å²) in [5.74, 6) is -0.747. The van der Waals surface area contributed by atoms with Gasteiger partial charge in [0.15, 0.2) is 0 Å². The Bertz CT molecular complexity index is 440. The number of imidazole rings is 1. The average molecular weight is 281 g/mol. The van der Waals surface area contributed by atoms with Crippen molar-refractivity contribution >= 4 is 11.9 Å². The Hall–Kier alpha value is -1.89. The molecule has 0 spiro atoms. The van der Waals surface area contributed by atoms with Crippen molar-refractivity contribution in [2.45, 2.75) is 37.8 Å². The number of aromatic nitrogens is 2. The third-order valence-corrected chi connectivity index (χ3v) is 3.25. The standard InChI is InChI=1S/C13H19N3O4/c1-19-13(18)10(6-9-7-14-8-15-9)16-12(17)11-4-2-3-5-20-11/h7-8,10-11H,2-6H2,1H3,(H,14,15)(H,16,17)/t10-,11?/m0/s1. The van der Waals surface area contributed by atoms with Crippen LogP contribution in [-0.4, -0.2) is 47.7 Å². The van der Waals surface area contributed by atoms with Crippen LogP contribution in [0.3, 0.4) is 0 Å². The zero-order valence-electron chi connectivity index (χ0n) is 11.4. The van der Waals surface area contributed by atoms with E-state index >= 15 is 0 Å². The van der Waals surface area contributed by atoms with Gasteiger partial charge in [0, 0.05) is 24.9 Å². The molecule has 1 amide bonds. The van der Waals surface area contributed by atoms with Gasteiger partial charge in [0.05, 0.1) is 13.4 Å². The highest BCUT2D eigenvalue weighted by Gasteiger charge is 2.28. The van der Waals surface area contributed by atoms with Crippen LogP contribution in [0.25, 0.3) is 0 Å². The van der Waals surface area contributed by atoms with E-state index < -0.39 is 18.1 Å². The lowest BCUT2D eigenvalue weighted by Crippen LogP contribution is -2.48. The van der Waals surface area contributed by atoms with E-state index in [1.807, 2.05) is 0 Å². The molecule has 2 atom stereocenters. The van der Waals surface area contributed by atoms with Crippen molar-refractivity contribution < 1.29 is 19.1 Å². The van der Waals surface area contributed by atoms with E-state index in [1.54, 1.807) is 6.20 Å². The molecule has 0 saturated carbocycles. The molecule has 1 aromatic rings. The Kier molecular flexibility index (Phi) is 5.11. The zero-order chi connectivity index (χ0) is 14.4. The largest absolute Gasteiger partial charge is 0.467 e. The van der Waals surface area contributed by atoms with Crippen LogP contribution in [0.4, 0.5) is 0 Å². The zero-order valence-corrected chi connectivity index (χ0v) is 11.4. The molecule has 0 bridgehead atoms. The molecule has 2 rings (SSSR count). The summed E-state index contributed by atoms with van der Waals surface area (Å²) in [4.78, 5) is 30.6. The highest BCUT2D eigenvalue weighted by molar-refractivity contribution is 5.87. The first-order chi connectivity index (χ1) is 9.70. The second-order valence-electron chi connectivity index (χ2n) is 4.72. The van der Waals surface area contributed by atoms with E-state index in [9.17, 15) is 9.59 Å². The van der Waals surface area contributed by atoms with Gasteiger partial charge in [0.25, 0.3) is 0 Å². The minimum Gasteiger partial charge on any atom is -0.467 e. The topological polar surface area (TPSA) is 93.3 Å². The molecule has 0 aromatic carbocycles. The molecule has 1 aliphatic heterocycles. The third-order valence-electron chi connectivity index (χ3n) is 3.25. The van der Waals surface area contributed by atoms with Gasteiger partial charge >= 0.3 is 5.97 Å². The Labute approximate surface area is 117 Å². The van der Waals surface area contributed by atoms with Crippen LogP contribution >= 0.6 is 0 Å². The Morgan fingerprint density at radius 2 is 2.45 bits per heavy atom. The minimum absolute atomic E-state index is 0.264. The van der Waals surface area contributed by atoms with Gasteiger partial charge in [-0.2, -0.15) is 0 Å². The van der Waals surface area contributed by atoms with Crippen LogP contribution < -0.4 is 5.32 Å². The molecule has 1 aromatic heterocycles. The van der Waals surface area contributed by atoms with Crippen molar-refractivity contribution in [1.29, 1.82) is 0 Å². The monoisotopic (exact) mass is 281 g/mol. The highest BCUT2D eigenvalue weighted by Crippen LogP contribution is 2.13. The molecule has 1 saturated heterocycles. The number of ether oxygens (including phenoxy) is 2. The van der Waals surface area contributed by atoms with E-state index in [4.69, 9.17) is 9.47 Å². The van der Waals surface area contributed by atoms with Crippen molar-refractivity contribution in [2.24, 2.45) is 0 Å². The van der Waals surface area contributed by atoms with Crippen molar-refractivity contribution in [1.82, 2.24) is 15.3 Å². The van der Waals surface area contributed by atoms with E-state index in [0.717, 1.165) is 18.5 Å². The molecule has 1 aliphatic rings. The molecule has 20 heavy (non-hydrogen) atoms. The second-order valence-corrected chi connectivity index (χ2v) is 4.72. The summed E-state index contributed by atoms with van der Waals surface area (Å²) in [6.07, 6.45) is 5.58. The average Bonchev–Trinajstić information content (AvgIpc) is 2.99. The third kappa shape index (κ3) is 3.80. The van der Waals surface area contributed by atoms with Crippen LogP contribution in [0.1, 0.15) is 25.0 Å². The Morgan fingerprint density at radius 1 is 1.60 bits per heavy atom. The number of carbonyl (C=O) groups excluding carboxylic acids is 2. The molecule has 110 valence electrons. The van der Waals surface area contributed by atoms with Crippen molar-refractivity contribution in [3.05, 3.63) is 18.2 Å². The Balaban J connectivity index is 1.96. The summed E-state index contributed by atoms with van der Waals surface area (Å²) < 4.78 is 10.1. The van der Waals surface area contributed by atoms with Gasteiger partial charge in [-0.05, 0) is 19.3 Å². The molecule has 1 fully saturated rings. The van der Waals surface area contributed by atoms with Crippen LogP contribution in [0, 0.1) is 0 Å².